The summed E-state index contributed by atoms with van der Waals surface area (Å²) in [6, 6.07) is 2.75. The van der Waals surface area contributed by atoms with E-state index in [1.54, 1.807) is 0 Å². The maximum absolute atomic E-state index is 12.3. The van der Waals surface area contributed by atoms with Crippen molar-refractivity contribution in [2.75, 3.05) is 6.61 Å². The number of hydrogen-bond acceptors (Lipinski definition) is 9. The Labute approximate surface area is 159 Å². The summed E-state index contributed by atoms with van der Waals surface area (Å²) < 4.78 is 16.1. The van der Waals surface area contributed by atoms with Crippen LogP contribution >= 0.6 is 0 Å². The molecule has 0 radical (unpaired) electrons. The van der Waals surface area contributed by atoms with Crippen molar-refractivity contribution in [1.29, 1.82) is 0 Å². The lowest BCUT2D eigenvalue weighted by Crippen LogP contribution is -2.60. The van der Waals surface area contributed by atoms with Gasteiger partial charge in [0.1, 0.15) is 30.0 Å². The third kappa shape index (κ3) is 3.15. The number of ether oxygens (including phenoxy) is 2. The number of aliphatic hydroxyl groups excluding tert-OH is 4. The minimum absolute atomic E-state index is 0.129. The van der Waals surface area contributed by atoms with Crippen LogP contribution in [0.4, 0.5) is 0 Å². The predicted molar refractivity (Wildman–Crippen MR) is 95.2 cm³/mol. The standard InChI is InChI=1S/C19H22O9/c20-7-14-15(22)16(23)17(24)19(28-14)27-13-6-12-10(5-11(13)21)8-3-1-2-4-9(8)18(25)26-12/h5-6,14-17,19-24H,1-4,7H2/t14?,15-,16?,17?,19+/m0/s1. The van der Waals surface area contributed by atoms with Crippen LogP contribution in [-0.2, 0) is 17.6 Å². The van der Waals surface area contributed by atoms with E-state index >= 15 is 0 Å². The Balaban J connectivity index is 1.70. The maximum Gasteiger partial charge on any atom is 0.339 e. The number of fused-ring (bicyclic) bond motifs is 3. The van der Waals surface area contributed by atoms with Gasteiger partial charge in [0.15, 0.2) is 11.5 Å². The maximum atomic E-state index is 12.3. The van der Waals surface area contributed by atoms with Gasteiger partial charge in [-0.1, -0.05) is 0 Å². The first-order valence-electron chi connectivity index (χ1n) is 9.19. The Morgan fingerprint density at radius 2 is 1.75 bits per heavy atom. The number of rotatable bonds is 3. The molecule has 2 aliphatic rings. The van der Waals surface area contributed by atoms with Gasteiger partial charge in [-0.2, -0.15) is 0 Å². The van der Waals surface area contributed by atoms with Crippen LogP contribution < -0.4 is 10.4 Å². The van der Waals surface area contributed by atoms with Crippen molar-refractivity contribution < 1.29 is 39.4 Å². The quantitative estimate of drug-likeness (QED) is 0.436. The Morgan fingerprint density at radius 1 is 1.04 bits per heavy atom. The summed E-state index contributed by atoms with van der Waals surface area (Å²) in [6.07, 6.45) is -4.15. The Hall–Kier alpha value is -2.17. The Bertz CT molecular complexity index is 935. The fourth-order valence-corrected chi connectivity index (χ4v) is 3.84. The van der Waals surface area contributed by atoms with Crippen molar-refractivity contribution in [1.82, 2.24) is 0 Å². The number of aromatic hydroxyl groups is 1. The van der Waals surface area contributed by atoms with E-state index in [1.165, 1.54) is 12.1 Å². The van der Waals surface area contributed by atoms with Crippen LogP contribution in [0.3, 0.4) is 0 Å². The highest BCUT2D eigenvalue weighted by atomic mass is 16.7. The fourth-order valence-electron chi connectivity index (χ4n) is 3.84. The van der Waals surface area contributed by atoms with Gasteiger partial charge in [-0.3, -0.25) is 0 Å². The first-order valence-corrected chi connectivity index (χ1v) is 9.19. The summed E-state index contributed by atoms with van der Waals surface area (Å²) >= 11 is 0. The van der Waals surface area contributed by atoms with Crippen molar-refractivity contribution in [2.45, 2.75) is 56.4 Å². The van der Waals surface area contributed by atoms with Crippen LogP contribution in [0.2, 0.25) is 0 Å². The lowest BCUT2D eigenvalue weighted by molar-refractivity contribution is -0.277. The van der Waals surface area contributed by atoms with Gasteiger partial charge in [0.2, 0.25) is 6.29 Å². The minimum Gasteiger partial charge on any atom is -0.504 e. The van der Waals surface area contributed by atoms with Gasteiger partial charge in [0.25, 0.3) is 0 Å². The smallest absolute Gasteiger partial charge is 0.339 e. The molecule has 1 saturated heterocycles. The molecule has 0 bridgehead atoms. The van der Waals surface area contributed by atoms with Gasteiger partial charge >= 0.3 is 5.63 Å². The molecule has 28 heavy (non-hydrogen) atoms. The summed E-state index contributed by atoms with van der Waals surface area (Å²) in [5, 5.41) is 50.1. The zero-order valence-corrected chi connectivity index (χ0v) is 14.9. The largest absolute Gasteiger partial charge is 0.504 e. The molecule has 5 atom stereocenters. The molecule has 0 amide bonds. The van der Waals surface area contributed by atoms with Gasteiger partial charge in [-0.25, -0.2) is 4.79 Å². The second-order valence-corrected chi connectivity index (χ2v) is 7.18. The van der Waals surface area contributed by atoms with Gasteiger partial charge in [0, 0.05) is 17.0 Å². The first kappa shape index (κ1) is 19.2. The molecule has 2 heterocycles. The predicted octanol–water partition coefficient (Wildman–Crippen LogP) is -0.444. The van der Waals surface area contributed by atoms with Crippen LogP contribution in [0.5, 0.6) is 11.5 Å². The minimum atomic E-state index is -1.62. The lowest BCUT2D eigenvalue weighted by atomic mass is 9.90. The second kappa shape index (κ2) is 7.34. The molecule has 4 rings (SSSR count). The summed E-state index contributed by atoms with van der Waals surface area (Å²) in [5.41, 5.74) is 1.28. The van der Waals surface area contributed by atoms with E-state index in [0.717, 1.165) is 18.4 Å². The van der Waals surface area contributed by atoms with Crippen molar-refractivity contribution in [3.63, 3.8) is 0 Å². The monoisotopic (exact) mass is 394 g/mol. The SMILES string of the molecule is O=c1oc2cc(O[C@@H]3OC(CO)[C@H](O)C(O)C3O)c(O)cc2c2c1CCCC2. The topological polar surface area (TPSA) is 150 Å². The van der Waals surface area contributed by atoms with E-state index < -0.39 is 42.9 Å². The van der Waals surface area contributed by atoms with E-state index in [9.17, 15) is 30.3 Å². The van der Waals surface area contributed by atoms with Gasteiger partial charge in [-0.15, -0.1) is 0 Å². The molecule has 9 nitrogen and oxygen atoms in total. The number of aryl methyl sites for hydroxylation is 1. The average Bonchev–Trinajstić information content (AvgIpc) is 2.70. The fraction of sp³-hybridized carbons (Fsp3) is 0.526. The molecule has 1 aliphatic carbocycles. The molecular formula is C19H22O9. The zero-order valence-electron chi connectivity index (χ0n) is 14.9. The van der Waals surface area contributed by atoms with Crippen molar-refractivity contribution in [3.05, 3.63) is 33.7 Å². The normalized spacial score (nSPS) is 30.2. The van der Waals surface area contributed by atoms with E-state index in [0.29, 0.717) is 23.8 Å². The third-order valence-electron chi connectivity index (χ3n) is 5.39. The molecule has 152 valence electrons. The van der Waals surface area contributed by atoms with Crippen LogP contribution in [0.1, 0.15) is 24.0 Å². The highest BCUT2D eigenvalue weighted by molar-refractivity contribution is 5.85. The molecule has 2 aromatic rings. The molecule has 0 saturated carbocycles. The first-order chi connectivity index (χ1) is 13.4. The number of phenols is 1. The number of phenolic OH excluding ortho intramolecular Hbond substituents is 1. The molecule has 5 N–H and O–H groups in total. The Morgan fingerprint density at radius 3 is 2.46 bits per heavy atom. The van der Waals surface area contributed by atoms with Crippen molar-refractivity contribution in [3.8, 4) is 11.5 Å². The van der Waals surface area contributed by atoms with E-state index in [-0.39, 0.29) is 17.1 Å². The number of benzene rings is 1. The van der Waals surface area contributed by atoms with Gasteiger partial charge < -0.3 is 39.4 Å². The number of aliphatic hydroxyl groups is 4. The van der Waals surface area contributed by atoms with Crippen LogP contribution in [0.15, 0.2) is 21.3 Å². The molecule has 1 fully saturated rings. The summed E-state index contributed by atoms with van der Waals surface area (Å²) in [7, 11) is 0. The van der Waals surface area contributed by atoms with Crippen LogP contribution in [-0.4, -0.2) is 62.8 Å². The molecule has 9 heteroatoms. The van der Waals surface area contributed by atoms with Gasteiger partial charge in [0.05, 0.1) is 6.61 Å². The molecule has 0 spiro atoms. The Kier molecular flexibility index (Phi) is 5.02. The molecular weight excluding hydrogens is 372 g/mol. The molecule has 3 unspecified atom stereocenters. The highest BCUT2D eigenvalue weighted by Crippen LogP contribution is 2.37. The van der Waals surface area contributed by atoms with E-state index in [1.807, 2.05) is 0 Å². The third-order valence-corrected chi connectivity index (χ3v) is 5.39. The average molecular weight is 394 g/mol. The van der Waals surface area contributed by atoms with E-state index in [4.69, 9.17) is 13.9 Å². The van der Waals surface area contributed by atoms with Crippen LogP contribution in [0.25, 0.3) is 11.0 Å². The summed E-state index contributed by atoms with van der Waals surface area (Å²) in [6.45, 7) is -0.602. The summed E-state index contributed by atoms with van der Waals surface area (Å²) in [5.74, 6) is -0.387. The van der Waals surface area contributed by atoms with Crippen molar-refractivity contribution >= 4 is 11.0 Å². The summed E-state index contributed by atoms with van der Waals surface area (Å²) in [4.78, 5) is 12.3. The highest BCUT2D eigenvalue weighted by Gasteiger charge is 2.45. The van der Waals surface area contributed by atoms with Crippen molar-refractivity contribution in [2.24, 2.45) is 0 Å². The second-order valence-electron chi connectivity index (χ2n) is 7.18. The lowest BCUT2D eigenvalue weighted by Gasteiger charge is -2.39. The van der Waals surface area contributed by atoms with E-state index in [2.05, 4.69) is 0 Å². The molecule has 1 aromatic carbocycles. The van der Waals surface area contributed by atoms with Gasteiger partial charge in [-0.05, 0) is 37.3 Å². The van der Waals surface area contributed by atoms with Crippen LogP contribution in [0, 0.1) is 0 Å². The number of hydrogen-bond donors (Lipinski definition) is 5. The zero-order chi connectivity index (χ0) is 20.0. The molecule has 1 aliphatic heterocycles. The molecule has 1 aromatic heterocycles.